The molecule has 0 aliphatic heterocycles. The molecule has 0 fully saturated rings. The molecule has 0 unspecified atom stereocenters. The molecule has 3 nitrogen and oxygen atoms in total. The molecule has 1 rings (SSSR count). The van der Waals surface area contributed by atoms with E-state index < -0.39 is 5.97 Å². The van der Waals surface area contributed by atoms with Gasteiger partial charge >= 0.3 is 5.97 Å². The van der Waals surface area contributed by atoms with Gasteiger partial charge in [0.25, 0.3) is 0 Å². The van der Waals surface area contributed by atoms with Crippen LogP contribution in [0.2, 0.25) is 0 Å². The number of rotatable bonds is 1. The summed E-state index contributed by atoms with van der Waals surface area (Å²) in [5.41, 5.74) is 0. The fraction of sp³-hybridized carbons (Fsp3) is 0. The van der Waals surface area contributed by atoms with E-state index in [-0.39, 0.29) is 23.1 Å². The topological polar surface area (TPSA) is 50.4 Å². The molecule has 0 spiro atoms. The smallest absolute Gasteiger partial charge is 0.371 e. The van der Waals surface area contributed by atoms with Gasteiger partial charge in [0, 0.05) is 17.4 Å². The first-order valence-electron chi connectivity index (χ1n) is 2.07. The maximum atomic E-state index is 9.97. The van der Waals surface area contributed by atoms with Crippen molar-refractivity contribution in [3.63, 3.8) is 0 Å². The molecule has 48 valence electrons. The number of hydrogen-bond acceptors (Lipinski definition) is 2. The van der Waals surface area contributed by atoms with Crippen molar-refractivity contribution in [1.82, 2.24) is 0 Å². The van der Waals surface area contributed by atoms with Crippen LogP contribution < -0.4 is 0 Å². The summed E-state index contributed by atoms with van der Waals surface area (Å²) in [7, 11) is 0. The monoisotopic (exact) mass is 164 g/mol. The van der Waals surface area contributed by atoms with Crippen molar-refractivity contribution in [2.45, 2.75) is 0 Å². The van der Waals surface area contributed by atoms with E-state index in [9.17, 15) is 4.79 Å². The minimum Gasteiger partial charge on any atom is -0.475 e. The Morgan fingerprint density at radius 1 is 1.67 bits per heavy atom. The van der Waals surface area contributed by atoms with Crippen LogP contribution in [-0.2, 0) is 17.4 Å². The van der Waals surface area contributed by atoms with E-state index in [1.165, 1.54) is 18.4 Å². The quantitative estimate of drug-likeness (QED) is 0.672. The minimum absolute atomic E-state index is 0. The molecule has 0 radical (unpaired) electrons. The second-order valence-corrected chi connectivity index (χ2v) is 1.28. The molecule has 0 aliphatic rings. The summed E-state index contributed by atoms with van der Waals surface area (Å²) in [6.45, 7) is 0. The Hall–Kier alpha value is -0.718. The van der Waals surface area contributed by atoms with Gasteiger partial charge in [-0.25, -0.2) is 4.79 Å². The zero-order valence-electron chi connectivity index (χ0n) is 4.40. The van der Waals surface area contributed by atoms with Crippen molar-refractivity contribution in [2.75, 3.05) is 0 Å². The molecule has 4 heteroatoms. The van der Waals surface area contributed by atoms with E-state index >= 15 is 0 Å². The Bertz CT molecular complexity index is 180. The van der Waals surface area contributed by atoms with Gasteiger partial charge < -0.3 is 9.52 Å². The molecule has 0 saturated heterocycles. The van der Waals surface area contributed by atoms with E-state index in [1.54, 1.807) is 0 Å². The zero-order valence-corrected chi connectivity index (χ0v) is 5.68. The van der Waals surface area contributed by atoms with E-state index in [2.05, 4.69) is 4.42 Å². The third kappa shape index (κ3) is 1.92. The summed E-state index contributed by atoms with van der Waals surface area (Å²) in [6, 6.07) is 2.92. The first-order valence-corrected chi connectivity index (χ1v) is 2.07. The minimum atomic E-state index is -1.03. The predicted octanol–water partition coefficient (Wildman–Crippen LogP) is 0.975. The standard InChI is InChI=1S/C5H4O3.Cr/c6-5(7)4-2-1-3-8-4;/h1-3H,(H,6,7);. The summed E-state index contributed by atoms with van der Waals surface area (Å²) < 4.78 is 4.50. The van der Waals surface area contributed by atoms with E-state index in [1.807, 2.05) is 0 Å². The second kappa shape index (κ2) is 3.34. The van der Waals surface area contributed by atoms with Crippen LogP contribution >= 0.6 is 0 Å². The molecular formula is C5H4CrO3. The van der Waals surface area contributed by atoms with Crippen LogP contribution in [0.3, 0.4) is 0 Å². The summed E-state index contributed by atoms with van der Waals surface area (Å²) >= 11 is 0. The Morgan fingerprint density at radius 3 is 2.56 bits per heavy atom. The zero-order chi connectivity index (χ0) is 5.98. The van der Waals surface area contributed by atoms with Crippen LogP contribution in [0.25, 0.3) is 0 Å². The number of aromatic carboxylic acids is 1. The SMILES string of the molecule is O=C(O)c1ccco1.[Cr]. The van der Waals surface area contributed by atoms with Crippen LogP contribution in [-0.4, -0.2) is 11.1 Å². The number of carboxylic acid groups (broad SMARTS) is 1. The Kier molecular flexibility index (Phi) is 3.07. The van der Waals surface area contributed by atoms with Crippen molar-refractivity contribution in [1.29, 1.82) is 0 Å². The average Bonchev–Trinajstić information content (AvgIpc) is 2.12. The molecular weight excluding hydrogens is 160 g/mol. The molecule has 0 amide bonds. The third-order valence-electron chi connectivity index (χ3n) is 0.732. The largest absolute Gasteiger partial charge is 0.475 e. The van der Waals surface area contributed by atoms with E-state index in [0.29, 0.717) is 0 Å². The van der Waals surface area contributed by atoms with Crippen LogP contribution in [0, 0.1) is 0 Å². The van der Waals surface area contributed by atoms with Crippen LogP contribution in [0.4, 0.5) is 0 Å². The Balaban J connectivity index is 0.000000640. The van der Waals surface area contributed by atoms with Crippen LogP contribution in [0.5, 0.6) is 0 Å². The average molecular weight is 164 g/mol. The second-order valence-electron chi connectivity index (χ2n) is 1.28. The number of furan rings is 1. The normalized spacial score (nSPS) is 8.00. The van der Waals surface area contributed by atoms with Crippen molar-refractivity contribution < 1.29 is 31.7 Å². The molecule has 1 heterocycles. The molecule has 0 aliphatic carbocycles. The Morgan fingerprint density at radius 2 is 2.33 bits per heavy atom. The third-order valence-corrected chi connectivity index (χ3v) is 0.732. The van der Waals surface area contributed by atoms with Crippen LogP contribution in [0.15, 0.2) is 22.8 Å². The molecule has 1 aromatic heterocycles. The summed E-state index contributed by atoms with van der Waals surface area (Å²) in [6.07, 6.45) is 1.32. The first-order chi connectivity index (χ1) is 3.80. The first kappa shape index (κ1) is 8.28. The van der Waals surface area contributed by atoms with Crippen molar-refractivity contribution in [3.05, 3.63) is 24.2 Å². The molecule has 1 N–H and O–H groups in total. The van der Waals surface area contributed by atoms with Gasteiger partial charge in [-0.15, -0.1) is 0 Å². The molecule has 1 aromatic rings. The fourth-order valence-corrected chi connectivity index (χ4v) is 0.400. The maximum Gasteiger partial charge on any atom is 0.371 e. The van der Waals surface area contributed by atoms with E-state index in [0.717, 1.165) is 0 Å². The van der Waals surface area contributed by atoms with Gasteiger partial charge in [-0.1, -0.05) is 0 Å². The fourth-order valence-electron chi connectivity index (χ4n) is 0.400. The molecule has 0 saturated carbocycles. The number of carbonyl (C=O) groups is 1. The van der Waals surface area contributed by atoms with Crippen molar-refractivity contribution >= 4 is 5.97 Å². The summed E-state index contributed by atoms with van der Waals surface area (Å²) in [5, 5.41) is 8.18. The molecule has 9 heavy (non-hydrogen) atoms. The van der Waals surface area contributed by atoms with Crippen molar-refractivity contribution in [2.24, 2.45) is 0 Å². The van der Waals surface area contributed by atoms with Gasteiger partial charge in [-0.2, -0.15) is 0 Å². The van der Waals surface area contributed by atoms with Gasteiger partial charge in [-0.3, -0.25) is 0 Å². The van der Waals surface area contributed by atoms with Gasteiger partial charge in [0.1, 0.15) is 0 Å². The number of hydrogen-bond donors (Lipinski definition) is 1. The van der Waals surface area contributed by atoms with E-state index in [4.69, 9.17) is 5.11 Å². The predicted molar refractivity (Wildman–Crippen MR) is 25.7 cm³/mol. The van der Waals surface area contributed by atoms with Gasteiger partial charge in [0.2, 0.25) is 5.76 Å². The summed E-state index contributed by atoms with van der Waals surface area (Å²) in [4.78, 5) is 9.97. The number of carboxylic acids is 1. The Labute approximate surface area is 62.4 Å². The van der Waals surface area contributed by atoms with Crippen molar-refractivity contribution in [3.8, 4) is 0 Å². The molecule has 0 bridgehead atoms. The summed E-state index contributed by atoms with van der Waals surface area (Å²) in [5.74, 6) is -1.06. The van der Waals surface area contributed by atoms with Gasteiger partial charge in [0.15, 0.2) is 0 Å². The maximum absolute atomic E-state index is 9.97. The molecule has 0 atom stereocenters. The van der Waals surface area contributed by atoms with Gasteiger partial charge in [0.05, 0.1) is 6.26 Å². The molecule has 0 aromatic carbocycles. The van der Waals surface area contributed by atoms with Gasteiger partial charge in [-0.05, 0) is 12.1 Å². The van der Waals surface area contributed by atoms with Crippen LogP contribution in [0.1, 0.15) is 10.6 Å².